The third-order valence-electron chi connectivity index (χ3n) is 3.90. The molecule has 12 heteroatoms. The predicted octanol–water partition coefficient (Wildman–Crippen LogP) is -1.57. The first-order valence-corrected chi connectivity index (χ1v) is 9.71. The van der Waals surface area contributed by atoms with E-state index < -0.39 is 48.4 Å². The SMILES string of the molecule is CC(C)CC(NC(=O)C(CS)NC(=O)C(N)Cc1cnc[nH]1)C(=O)NCC(=O)O. The Balaban J connectivity index is 2.70. The van der Waals surface area contributed by atoms with Crippen molar-refractivity contribution >= 4 is 36.3 Å². The molecular formula is C17H28N6O5S. The molecule has 7 N–H and O–H groups in total. The van der Waals surface area contributed by atoms with Crippen LogP contribution in [0.25, 0.3) is 0 Å². The van der Waals surface area contributed by atoms with Crippen LogP contribution >= 0.6 is 12.6 Å². The highest BCUT2D eigenvalue weighted by molar-refractivity contribution is 7.80. The lowest BCUT2D eigenvalue weighted by Crippen LogP contribution is -2.57. The summed E-state index contributed by atoms with van der Waals surface area (Å²) in [4.78, 5) is 54.4. The van der Waals surface area contributed by atoms with E-state index in [2.05, 4.69) is 38.5 Å². The first-order chi connectivity index (χ1) is 13.6. The Kier molecular flexibility index (Phi) is 10.2. The van der Waals surface area contributed by atoms with Crippen LogP contribution in [0.15, 0.2) is 12.5 Å². The smallest absolute Gasteiger partial charge is 0.322 e. The molecule has 29 heavy (non-hydrogen) atoms. The van der Waals surface area contributed by atoms with Crippen LogP contribution in [-0.4, -0.2) is 69.2 Å². The average Bonchev–Trinajstić information content (AvgIpc) is 3.15. The molecule has 0 spiro atoms. The van der Waals surface area contributed by atoms with Gasteiger partial charge in [-0.2, -0.15) is 12.6 Å². The van der Waals surface area contributed by atoms with Crippen LogP contribution in [0.2, 0.25) is 0 Å². The Bertz CT molecular complexity index is 696. The molecule has 0 aliphatic carbocycles. The number of carbonyl (C=O) groups excluding carboxylic acids is 3. The maximum Gasteiger partial charge on any atom is 0.322 e. The van der Waals surface area contributed by atoms with Crippen molar-refractivity contribution in [3.63, 3.8) is 0 Å². The number of carbonyl (C=O) groups is 4. The first-order valence-electron chi connectivity index (χ1n) is 9.08. The predicted molar refractivity (Wildman–Crippen MR) is 108 cm³/mol. The molecule has 1 aromatic heterocycles. The van der Waals surface area contributed by atoms with E-state index >= 15 is 0 Å². The lowest BCUT2D eigenvalue weighted by Gasteiger charge is -2.24. The van der Waals surface area contributed by atoms with Crippen molar-refractivity contribution in [3.8, 4) is 0 Å². The number of thiol groups is 1. The number of H-pyrrole nitrogens is 1. The molecule has 0 saturated heterocycles. The van der Waals surface area contributed by atoms with Gasteiger partial charge in [-0.15, -0.1) is 0 Å². The van der Waals surface area contributed by atoms with E-state index in [1.807, 2.05) is 13.8 Å². The van der Waals surface area contributed by atoms with Crippen molar-refractivity contribution in [1.29, 1.82) is 0 Å². The van der Waals surface area contributed by atoms with E-state index in [0.29, 0.717) is 12.1 Å². The van der Waals surface area contributed by atoms with E-state index in [-0.39, 0.29) is 18.1 Å². The monoisotopic (exact) mass is 428 g/mol. The molecule has 0 aliphatic heterocycles. The molecule has 0 aliphatic rings. The summed E-state index contributed by atoms with van der Waals surface area (Å²) in [6.45, 7) is 3.16. The number of nitrogens with one attached hydrogen (secondary N) is 4. The van der Waals surface area contributed by atoms with Crippen LogP contribution < -0.4 is 21.7 Å². The maximum absolute atomic E-state index is 12.6. The summed E-state index contributed by atoms with van der Waals surface area (Å²) in [5.74, 6) is -2.93. The summed E-state index contributed by atoms with van der Waals surface area (Å²) in [5, 5.41) is 16.0. The second-order valence-corrected chi connectivity index (χ2v) is 7.30. The number of carboxylic acids is 1. The van der Waals surface area contributed by atoms with Crippen LogP contribution in [0, 0.1) is 5.92 Å². The van der Waals surface area contributed by atoms with Crippen molar-refractivity contribution in [2.24, 2.45) is 11.7 Å². The average molecular weight is 429 g/mol. The van der Waals surface area contributed by atoms with Crippen LogP contribution in [0.3, 0.4) is 0 Å². The van der Waals surface area contributed by atoms with Gasteiger partial charge >= 0.3 is 5.97 Å². The largest absolute Gasteiger partial charge is 0.480 e. The van der Waals surface area contributed by atoms with Crippen molar-refractivity contribution in [2.75, 3.05) is 12.3 Å². The number of nitrogens with two attached hydrogens (primary N) is 1. The van der Waals surface area contributed by atoms with Crippen LogP contribution in [-0.2, 0) is 25.6 Å². The minimum atomic E-state index is -1.19. The van der Waals surface area contributed by atoms with Gasteiger partial charge in [0.25, 0.3) is 0 Å². The molecule has 1 heterocycles. The lowest BCUT2D eigenvalue weighted by molar-refractivity contribution is -0.138. The molecule has 1 rings (SSSR count). The molecule has 1 aromatic rings. The highest BCUT2D eigenvalue weighted by Crippen LogP contribution is 2.06. The maximum atomic E-state index is 12.6. The van der Waals surface area contributed by atoms with Gasteiger partial charge in [-0.3, -0.25) is 19.2 Å². The molecule has 3 amide bonds. The molecule has 0 fully saturated rings. The zero-order valence-corrected chi connectivity index (χ0v) is 17.2. The number of hydrogen-bond acceptors (Lipinski definition) is 7. The van der Waals surface area contributed by atoms with Gasteiger partial charge in [0.1, 0.15) is 18.6 Å². The second-order valence-electron chi connectivity index (χ2n) is 6.93. The topological polar surface area (TPSA) is 179 Å². The van der Waals surface area contributed by atoms with Gasteiger partial charge in [0, 0.05) is 24.1 Å². The quantitative estimate of drug-likeness (QED) is 0.196. The molecule has 0 aromatic carbocycles. The third kappa shape index (κ3) is 8.96. The fourth-order valence-corrected chi connectivity index (χ4v) is 2.72. The molecule has 11 nitrogen and oxygen atoms in total. The first kappa shape index (κ1) is 24.4. The molecule has 162 valence electrons. The van der Waals surface area contributed by atoms with Gasteiger partial charge in [0.05, 0.1) is 12.4 Å². The Labute approximate surface area is 174 Å². The number of imidazole rings is 1. The lowest BCUT2D eigenvalue weighted by atomic mass is 10.0. The van der Waals surface area contributed by atoms with Gasteiger partial charge in [-0.25, -0.2) is 4.98 Å². The molecule has 3 unspecified atom stereocenters. The van der Waals surface area contributed by atoms with Gasteiger partial charge in [-0.1, -0.05) is 13.8 Å². The summed E-state index contributed by atoms with van der Waals surface area (Å²) in [5.41, 5.74) is 6.53. The van der Waals surface area contributed by atoms with E-state index in [1.165, 1.54) is 6.33 Å². The summed E-state index contributed by atoms with van der Waals surface area (Å²) in [6, 6.07) is -2.86. The van der Waals surface area contributed by atoms with Crippen molar-refractivity contribution in [1.82, 2.24) is 25.9 Å². The van der Waals surface area contributed by atoms with Crippen molar-refractivity contribution < 1.29 is 24.3 Å². The highest BCUT2D eigenvalue weighted by Gasteiger charge is 2.28. The molecule has 0 bridgehead atoms. The molecule has 0 saturated carbocycles. The minimum Gasteiger partial charge on any atom is -0.480 e. The summed E-state index contributed by atoms with van der Waals surface area (Å²) < 4.78 is 0. The highest BCUT2D eigenvalue weighted by atomic mass is 32.1. The molecule has 0 radical (unpaired) electrons. The summed E-state index contributed by atoms with van der Waals surface area (Å²) in [7, 11) is 0. The summed E-state index contributed by atoms with van der Waals surface area (Å²) in [6.07, 6.45) is 3.51. The Morgan fingerprint density at radius 3 is 2.34 bits per heavy atom. The van der Waals surface area contributed by atoms with Gasteiger partial charge in [0.15, 0.2) is 0 Å². The van der Waals surface area contributed by atoms with Crippen molar-refractivity contribution in [2.45, 2.75) is 44.8 Å². The number of aliphatic carboxylic acids is 1. The van der Waals surface area contributed by atoms with Crippen molar-refractivity contribution in [3.05, 3.63) is 18.2 Å². The number of rotatable bonds is 12. The zero-order valence-electron chi connectivity index (χ0n) is 16.3. The molecule has 3 atom stereocenters. The standard InChI is InChI=1S/C17H28N6O5S/c1-9(2)3-12(16(27)20-6-14(24)25)22-17(28)13(7-29)23-15(26)11(18)4-10-5-19-8-21-10/h5,8-9,11-13,29H,3-4,6-7,18H2,1-2H3,(H,19,21)(H,20,27)(H,22,28)(H,23,26)(H,24,25). The fourth-order valence-electron chi connectivity index (χ4n) is 2.46. The molecular weight excluding hydrogens is 400 g/mol. The number of amides is 3. The number of nitrogens with zero attached hydrogens (tertiary/aromatic N) is 1. The Morgan fingerprint density at radius 2 is 1.83 bits per heavy atom. The third-order valence-corrected chi connectivity index (χ3v) is 4.27. The second kappa shape index (κ2) is 12.1. The van der Waals surface area contributed by atoms with E-state index in [1.54, 1.807) is 6.20 Å². The van der Waals surface area contributed by atoms with Gasteiger partial charge in [0.2, 0.25) is 17.7 Å². The van der Waals surface area contributed by atoms with Crippen LogP contribution in [0.5, 0.6) is 0 Å². The minimum absolute atomic E-state index is 0.0144. The zero-order chi connectivity index (χ0) is 22.0. The number of aromatic nitrogens is 2. The van der Waals surface area contributed by atoms with Crippen LogP contribution in [0.1, 0.15) is 26.0 Å². The fraction of sp³-hybridized carbons (Fsp3) is 0.588. The number of aromatic amines is 1. The summed E-state index contributed by atoms with van der Waals surface area (Å²) >= 11 is 4.09. The van der Waals surface area contributed by atoms with E-state index in [4.69, 9.17) is 10.8 Å². The number of carboxylic acid groups (broad SMARTS) is 1. The Hall–Kier alpha value is -2.60. The normalized spacial score (nSPS) is 14.0. The number of hydrogen-bond donors (Lipinski definition) is 7. The van der Waals surface area contributed by atoms with E-state index in [0.717, 1.165) is 0 Å². The Morgan fingerprint density at radius 1 is 1.17 bits per heavy atom. The van der Waals surface area contributed by atoms with Gasteiger partial charge in [-0.05, 0) is 12.3 Å². The van der Waals surface area contributed by atoms with E-state index in [9.17, 15) is 19.2 Å². The van der Waals surface area contributed by atoms with Crippen LogP contribution in [0.4, 0.5) is 0 Å². The van der Waals surface area contributed by atoms with Gasteiger partial charge < -0.3 is 31.8 Å².